The highest BCUT2D eigenvalue weighted by Gasteiger charge is 2.55. The summed E-state index contributed by atoms with van der Waals surface area (Å²) in [6.07, 6.45) is 0.830. The first-order chi connectivity index (χ1) is 7.22. The van der Waals surface area contributed by atoms with Crippen molar-refractivity contribution in [1.29, 1.82) is 0 Å². The molecule has 1 fully saturated rings. The van der Waals surface area contributed by atoms with Crippen LogP contribution in [0.4, 0.5) is 8.78 Å². The highest BCUT2D eigenvalue weighted by molar-refractivity contribution is 5.65. The summed E-state index contributed by atoms with van der Waals surface area (Å²) in [6, 6.07) is 2.01. The number of halogens is 2. The number of benzene rings is 1. The maximum Gasteiger partial charge on any atom is 0.133 e. The zero-order valence-electron chi connectivity index (χ0n) is 7.74. The van der Waals surface area contributed by atoms with Crippen molar-refractivity contribution in [2.45, 2.75) is 5.92 Å². The molecule has 78 valence electrons. The van der Waals surface area contributed by atoms with Gasteiger partial charge in [-0.3, -0.25) is 0 Å². The maximum atomic E-state index is 13.5. The van der Waals surface area contributed by atoms with E-state index in [2.05, 4.69) is 0 Å². The number of rotatable bonds is 1. The smallest absolute Gasteiger partial charge is 0.133 e. The van der Waals surface area contributed by atoms with Crippen LogP contribution in [0.2, 0.25) is 0 Å². The van der Waals surface area contributed by atoms with E-state index in [9.17, 15) is 13.6 Å². The number of aldehydes is 1. The van der Waals surface area contributed by atoms with Gasteiger partial charge in [-0.25, -0.2) is 8.78 Å². The summed E-state index contributed by atoms with van der Waals surface area (Å²) >= 11 is 0. The van der Waals surface area contributed by atoms with Crippen LogP contribution in [-0.4, -0.2) is 12.9 Å². The zero-order valence-corrected chi connectivity index (χ0v) is 7.74. The Hall–Kier alpha value is -1.45. The number of carbonyl (C=O) groups is 1. The molecule has 4 heteroatoms. The van der Waals surface area contributed by atoms with Gasteiger partial charge in [-0.2, -0.15) is 0 Å². The largest absolute Gasteiger partial charge is 0.493 e. The fourth-order valence-corrected chi connectivity index (χ4v) is 2.40. The fourth-order valence-electron chi connectivity index (χ4n) is 2.40. The van der Waals surface area contributed by atoms with E-state index in [4.69, 9.17) is 4.74 Å². The molecule has 0 spiro atoms. The van der Waals surface area contributed by atoms with E-state index >= 15 is 0 Å². The monoisotopic (exact) mass is 210 g/mol. The van der Waals surface area contributed by atoms with Gasteiger partial charge in [-0.05, 0) is 0 Å². The van der Waals surface area contributed by atoms with Gasteiger partial charge in [0.1, 0.15) is 23.7 Å². The van der Waals surface area contributed by atoms with Gasteiger partial charge in [0.15, 0.2) is 0 Å². The van der Waals surface area contributed by atoms with Gasteiger partial charge in [-0.15, -0.1) is 0 Å². The van der Waals surface area contributed by atoms with Crippen LogP contribution in [0.25, 0.3) is 0 Å². The lowest BCUT2D eigenvalue weighted by Crippen LogP contribution is -2.10. The first-order valence-corrected chi connectivity index (χ1v) is 4.79. The van der Waals surface area contributed by atoms with Gasteiger partial charge in [-0.1, -0.05) is 0 Å². The molecule has 1 aliphatic carbocycles. The lowest BCUT2D eigenvalue weighted by atomic mass is 10.0. The molecule has 0 saturated heterocycles. The minimum absolute atomic E-state index is 0.0787. The molecule has 0 aromatic heterocycles. The Balaban J connectivity index is 2.11. The quantitative estimate of drug-likeness (QED) is 0.661. The minimum atomic E-state index is -0.645. The average molecular weight is 210 g/mol. The second-order valence-electron chi connectivity index (χ2n) is 4.01. The normalized spacial score (nSPS) is 31.2. The van der Waals surface area contributed by atoms with Crippen LogP contribution < -0.4 is 4.74 Å². The average Bonchev–Trinajstić information content (AvgIpc) is 2.89. The SMILES string of the molecule is O=C[C@@H]1[C@@H]2COc3cc(F)cc(F)c3[C@H]12. The van der Waals surface area contributed by atoms with E-state index in [1.54, 1.807) is 0 Å². The second-order valence-corrected chi connectivity index (χ2v) is 4.01. The Kier molecular flexibility index (Phi) is 1.63. The molecule has 1 aromatic carbocycles. The maximum absolute atomic E-state index is 13.5. The molecule has 0 bridgehead atoms. The van der Waals surface area contributed by atoms with Crippen molar-refractivity contribution in [2.75, 3.05) is 6.61 Å². The third-order valence-electron chi connectivity index (χ3n) is 3.21. The molecule has 0 N–H and O–H groups in total. The van der Waals surface area contributed by atoms with Crippen molar-refractivity contribution in [2.24, 2.45) is 11.8 Å². The second kappa shape index (κ2) is 2.78. The number of ether oxygens (including phenoxy) is 1. The van der Waals surface area contributed by atoms with Crippen molar-refractivity contribution in [1.82, 2.24) is 0 Å². The van der Waals surface area contributed by atoms with Crippen LogP contribution in [0.15, 0.2) is 12.1 Å². The van der Waals surface area contributed by atoms with Gasteiger partial charge in [0.2, 0.25) is 0 Å². The molecule has 0 unspecified atom stereocenters. The van der Waals surface area contributed by atoms with Gasteiger partial charge in [0, 0.05) is 35.4 Å². The highest BCUT2D eigenvalue weighted by Crippen LogP contribution is 2.58. The van der Waals surface area contributed by atoms with E-state index in [0.29, 0.717) is 12.2 Å². The lowest BCUT2D eigenvalue weighted by molar-refractivity contribution is -0.109. The van der Waals surface area contributed by atoms with Crippen molar-refractivity contribution in [3.05, 3.63) is 29.3 Å². The van der Waals surface area contributed by atoms with E-state index in [-0.39, 0.29) is 23.5 Å². The highest BCUT2D eigenvalue weighted by atomic mass is 19.1. The standard InChI is InChI=1S/C11H8F2O2/c12-5-1-8(13)11-9(2-5)15-4-7-6(3-14)10(7)11/h1-3,6-7,10H,4H2/t6-,7+,10-/m1/s1. The third kappa shape index (κ3) is 1.11. The predicted octanol–water partition coefficient (Wildman–Crippen LogP) is 1.89. The molecule has 15 heavy (non-hydrogen) atoms. The van der Waals surface area contributed by atoms with Gasteiger partial charge >= 0.3 is 0 Å². The van der Waals surface area contributed by atoms with Crippen LogP contribution in [0, 0.1) is 23.5 Å². The molecule has 0 radical (unpaired) electrons. The van der Waals surface area contributed by atoms with Crippen LogP contribution in [0.1, 0.15) is 11.5 Å². The summed E-state index contributed by atoms with van der Waals surface area (Å²) in [6.45, 7) is 0.379. The first-order valence-electron chi connectivity index (χ1n) is 4.79. The number of carbonyl (C=O) groups excluding carboxylic acids is 1. The zero-order chi connectivity index (χ0) is 10.6. The molecule has 3 atom stereocenters. The van der Waals surface area contributed by atoms with E-state index in [0.717, 1.165) is 12.4 Å². The van der Waals surface area contributed by atoms with Gasteiger partial charge in [0.05, 0.1) is 6.61 Å². The van der Waals surface area contributed by atoms with Gasteiger partial charge < -0.3 is 9.53 Å². The van der Waals surface area contributed by atoms with Crippen molar-refractivity contribution in [3.63, 3.8) is 0 Å². The summed E-state index contributed by atoms with van der Waals surface area (Å²) in [5.74, 6) is -1.19. The summed E-state index contributed by atoms with van der Waals surface area (Å²) in [5, 5.41) is 0. The minimum Gasteiger partial charge on any atom is -0.493 e. The predicted molar refractivity (Wildman–Crippen MR) is 47.6 cm³/mol. The van der Waals surface area contributed by atoms with Crippen molar-refractivity contribution in [3.8, 4) is 5.75 Å². The summed E-state index contributed by atoms with van der Waals surface area (Å²) in [5.41, 5.74) is 0.366. The van der Waals surface area contributed by atoms with Crippen LogP contribution in [0.5, 0.6) is 5.75 Å². The molecule has 1 saturated carbocycles. The van der Waals surface area contributed by atoms with Crippen LogP contribution >= 0.6 is 0 Å². The Morgan fingerprint density at radius 1 is 1.40 bits per heavy atom. The topological polar surface area (TPSA) is 26.3 Å². The summed E-state index contributed by atoms with van der Waals surface area (Å²) in [4.78, 5) is 10.7. The molecular formula is C11H8F2O2. The molecule has 1 aromatic rings. The first kappa shape index (κ1) is 8.83. The Labute approximate surface area is 84.9 Å². The van der Waals surface area contributed by atoms with Crippen LogP contribution in [0.3, 0.4) is 0 Å². The van der Waals surface area contributed by atoms with E-state index in [1.807, 2.05) is 0 Å². The summed E-state index contributed by atoms with van der Waals surface area (Å²) < 4.78 is 31.6. The molecule has 3 rings (SSSR count). The Morgan fingerprint density at radius 3 is 2.93 bits per heavy atom. The van der Waals surface area contributed by atoms with Crippen molar-refractivity contribution >= 4 is 6.29 Å². The molecule has 1 aliphatic heterocycles. The van der Waals surface area contributed by atoms with Crippen molar-refractivity contribution < 1.29 is 18.3 Å². The molecular weight excluding hydrogens is 202 g/mol. The molecule has 1 heterocycles. The molecule has 2 nitrogen and oxygen atoms in total. The molecule has 0 amide bonds. The number of hydrogen-bond donors (Lipinski definition) is 0. The van der Waals surface area contributed by atoms with E-state index < -0.39 is 11.6 Å². The lowest BCUT2D eigenvalue weighted by Gasteiger charge is -2.16. The van der Waals surface area contributed by atoms with E-state index in [1.165, 1.54) is 6.07 Å². The summed E-state index contributed by atoms with van der Waals surface area (Å²) in [7, 11) is 0. The van der Waals surface area contributed by atoms with Crippen LogP contribution in [-0.2, 0) is 4.79 Å². The third-order valence-corrected chi connectivity index (χ3v) is 3.21. The molecule has 2 aliphatic rings. The Bertz CT molecular complexity index is 444. The van der Waals surface area contributed by atoms with Gasteiger partial charge in [0.25, 0.3) is 0 Å². The number of fused-ring (bicyclic) bond motifs is 3. The number of hydrogen-bond acceptors (Lipinski definition) is 2. The fraction of sp³-hybridized carbons (Fsp3) is 0.364. The Morgan fingerprint density at radius 2 is 2.20 bits per heavy atom.